The zero-order valence-corrected chi connectivity index (χ0v) is 15.3. The summed E-state index contributed by atoms with van der Waals surface area (Å²) < 4.78 is 44.4. The third-order valence-electron chi connectivity index (χ3n) is 4.32. The van der Waals surface area contributed by atoms with Crippen LogP contribution in [0.1, 0.15) is 21.9 Å². The first kappa shape index (κ1) is 18.3. The number of fused-ring (bicyclic) bond motifs is 1. The van der Waals surface area contributed by atoms with Crippen molar-refractivity contribution in [2.24, 2.45) is 0 Å². The number of ether oxygens (including phenoxy) is 1. The Labute approximate surface area is 163 Å². The molecule has 0 aliphatic rings. The first-order valence-electron chi connectivity index (χ1n) is 8.31. The quantitative estimate of drug-likeness (QED) is 0.371. The van der Waals surface area contributed by atoms with Gasteiger partial charge in [0.05, 0.1) is 11.6 Å². The standard InChI is InChI=1S/C21H13ClF2O4/c1-11-9-27-20-15(8-16(23)19(24)18(11)20)12-2-4-13(5-3-12)26-10-14-6-7-17(28-14)21(22)25/h2-9H,10H2,1H3. The van der Waals surface area contributed by atoms with Gasteiger partial charge in [0.25, 0.3) is 5.24 Å². The van der Waals surface area contributed by atoms with E-state index in [1.807, 2.05) is 0 Å². The molecule has 142 valence electrons. The minimum absolute atomic E-state index is 0.0479. The van der Waals surface area contributed by atoms with Gasteiger partial charge in [-0.25, -0.2) is 8.78 Å². The number of furan rings is 2. The predicted molar refractivity (Wildman–Crippen MR) is 99.5 cm³/mol. The van der Waals surface area contributed by atoms with Crippen LogP contribution in [0.15, 0.2) is 57.6 Å². The molecular formula is C21H13ClF2O4. The molecule has 0 saturated heterocycles. The van der Waals surface area contributed by atoms with Crippen LogP contribution < -0.4 is 4.74 Å². The molecule has 4 aromatic rings. The second-order valence-corrected chi connectivity index (χ2v) is 6.54. The lowest BCUT2D eigenvalue weighted by Gasteiger charge is -2.08. The molecule has 4 rings (SSSR count). The fourth-order valence-corrected chi connectivity index (χ4v) is 3.05. The molecule has 0 unspecified atom stereocenters. The lowest BCUT2D eigenvalue weighted by atomic mass is 10.0. The van der Waals surface area contributed by atoms with Gasteiger partial charge in [0.1, 0.15) is 23.7 Å². The fraction of sp³-hybridized carbons (Fsp3) is 0.0952. The van der Waals surface area contributed by atoms with Gasteiger partial charge in [0, 0.05) is 5.56 Å². The maximum Gasteiger partial charge on any atom is 0.287 e. The minimum atomic E-state index is -0.935. The summed E-state index contributed by atoms with van der Waals surface area (Å²) in [6, 6.07) is 11.0. The van der Waals surface area contributed by atoms with Gasteiger partial charge in [-0.15, -0.1) is 0 Å². The first-order valence-corrected chi connectivity index (χ1v) is 8.69. The molecule has 2 aromatic heterocycles. The maximum atomic E-state index is 14.1. The molecule has 2 heterocycles. The van der Waals surface area contributed by atoms with E-state index in [1.165, 1.54) is 12.3 Å². The Bertz CT molecular complexity index is 1180. The van der Waals surface area contributed by atoms with Gasteiger partial charge in [0.15, 0.2) is 17.4 Å². The highest BCUT2D eigenvalue weighted by atomic mass is 35.5. The molecule has 0 saturated carbocycles. The number of halogens is 3. The molecule has 0 amide bonds. The van der Waals surface area contributed by atoms with Crippen molar-refractivity contribution >= 4 is 27.8 Å². The van der Waals surface area contributed by atoms with Crippen LogP contribution in [0.25, 0.3) is 22.1 Å². The second-order valence-electron chi connectivity index (χ2n) is 6.20. The van der Waals surface area contributed by atoms with Gasteiger partial charge in [-0.1, -0.05) is 12.1 Å². The van der Waals surface area contributed by atoms with Gasteiger partial charge in [0.2, 0.25) is 0 Å². The third-order valence-corrected chi connectivity index (χ3v) is 4.51. The van der Waals surface area contributed by atoms with Crippen molar-refractivity contribution in [3.63, 3.8) is 0 Å². The summed E-state index contributed by atoms with van der Waals surface area (Å²) in [5.74, 6) is -0.825. The monoisotopic (exact) mass is 402 g/mol. The zero-order chi connectivity index (χ0) is 19.8. The summed E-state index contributed by atoms with van der Waals surface area (Å²) in [6.45, 7) is 1.77. The highest BCUT2D eigenvalue weighted by Crippen LogP contribution is 2.35. The van der Waals surface area contributed by atoms with Crippen molar-refractivity contribution in [2.75, 3.05) is 0 Å². The van der Waals surface area contributed by atoms with Crippen molar-refractivity contribution in [2.45, 2.75) is 13.5 Å². The molecule has 28 heavy (non-hydrogen) atoms. The summed E-state index contributed by atoms with van der Waals surface area (Å²) in [5.41, 5.74) is 1.92. The summed E-state index contributed by atoms with van der Waals surface area (Å²) in [6.07, 6.45) is 1.40. The molecule has 2 aromatic carbocycles. The van der Waals surface area contributed by atoms with E-state index >= 15 is 0 Å². The van der Waals surface area contributed by atoms with E-state index in [4.69, 9.17) is 25.2 Å². The van der Waals surface area contributed by atoms with E-state index in [1.54, 1.807) is 37.3 Å². The van der Waals surface area contributed by atoms with E-state index in [9.17, 15) is 13.6 Å². The van der Waals surface area contributed by atoms with Gasteiger partial charge in [-0.05, 0) is 60.0 Å². The normalized spacial score (nSPS) is 11.1. The van der Waals surface area contributed by atoms with Crippen molar-refractivity contribution in [3.8, 4) is 16.9 Å². The van der Waals surface area contributed by atoms with Gasteiger partial charge in [-0.2, -0.15) is 0 Å². The first-order chi connectivity index (χ1) is 13.4. The summed E-state index contributed by atoms with van der Waals surface area (Å²) in [7, 11) is 0. The number of benzene rings is 2. The summed E-state index contributed by atoms with van der Waals surface area (Å²) in [5, 5.41) is -0.542. The molecule has 0 radical (unpaired) electrons. The number of carbonyl (C=O) groups is 1. The Balaban J connectivity index is 1.57. The molecule has 0 spiro atoms. The van der Waals surface area contributed by atoms with E-state index in [0.717, 1.165) is 6.07 Å². The molecule has 4 nitrogen and oxygen atoms in total. The highest BCUT2D eigenvalue weighted by molar-refractivity contribution is 6.67. The van der Waals surface area contributed by atoms with E-state index < -0.39 is 16.9 Å². The Morgan fingerprint density at radius 3 is 2.57 bits per heavy atom. The predicted octanol–water partition coefficient (Wildman–Crippen LogP) is 6.24. The molecule has 0 bridgehead atoms. The van der Waals surface area contributed by atoms with Crippen LogP contribution >= 0.6 is 11.6 Å². The van der Waals surface area contributed by atoms with Gasteiger partial charge < -0.3 is 13.6 Å². The van der Waals surface area contributed by atoms with Crippen molar-refractivity contribution in [3.05, 3.63) is 77.4 Å². The topological polar surface area (TPSA) is 52.6 Å². The van der Waals surface area contributed by atoms with Crippen LogP contribution in [0.3, 0.4) is 0 Å². The summed E-state index contributed by atoms with van der Waals surface area (Å²) >= 11 is 5.34. The Morgan fingerprint density at radius 2 is 1.89 bits per heavy atom. The molecule has 0 N–H and O–H groups in total. The maximum absolute atomic E-state index is 14.1. The number of hydrogen-bond acceptors (Lipinski definition) is 4. The lowest BCUT2D eigenvalue weighted by molar-refractivity contribution is 0.105. The van der Waals surface area contributed by atoms with Crippen LogP contribution in [0.4, 0.5) is 8.78 Å². The average Bonchev–Trinajstić information content (AvgIpc) is 3.31. The lowest BCUT2D eigenvalue weighted by Crippen LogP contribution is -1.94. The number of rotatable bonds is 5. The fourth-order valence-electron chi connectivity index (χ4n) is 2.95. The van der Waals surface area contributed by atoms with E-state index in [2.05, 4.69) is 0 Å². The number of aryl methyl sites for hydroxylation is 1. The smallest absolute Gasteiger partial charge is 0.287 e. The van der Waals surface area contributed by atoms with Crippen LogP contribution in [0, 0.1) is 18.6 Å². The minimum Gasteiger partial charge on any atom is -0.486 e. The van der Waals surface area contributed by atoms with Crippen LogP contribution in [-0.2, 0) is 6.61 Å². The molecule has 0 fully saturated rings. The average molecular weight is 403 g/mol. The van der Waals surface area contributed by atoms with Crippen LogP contribution in [0.2, 0.25) is 0 Å². The molecular weight excluding hydrogens is 390 g/mol. The van der Waals surface area contributed by atoms with Crippen LogP contribution in [-0.4, -0.2) is 5.24 Å². The van der Waals surface area contributed by atoms with E-state index in [-0.39, 0.29) is 17.8 Å². The van der Waals surface area contributed by atoms with Gasteiger partial charge >= 0.3 is 0 Å². The zero-order valence-electron chi connectivity index (χ0n) is 14.6. The highest BCUT2D eigenvalue weighted by Gasteiger charge is 2.18. The third kappa shape index (κ3) is 3.27. The Hall–Kier alpha value is -3.12. The Kier molecular flexibility index (Phi) is 4.65. The number of carbonyl (C=O) groups excluding carboxylic acids is 1. The van der Waals surface area contributed by atoms with Crippen molar-refractivity contribution in [1.29, 1.82) is 0 Å². The largest absolute Gasteiger partial charge is 0.486 e. The van der Waals surface area contributed by atoms with Crippen molar-refractivity contribution < 1.29 is 27.1 Å². The van der Waals surface area contributed by atoms with Crippen molar-refractivity contribution in [1.82, 2.24) is 0 Å². The van der Waals surface area contributed by atoms with E-state index in [0.29, 0.717) is 33.8 Å². The second kappa shape index (κ2) is 7.13. The molecule has 7 heteroatoms. The number of hydrogen-bond donors (Lipinski definition) is 0. The SMILES string of the molecule is Cc1coc2c(-c3ccc(OCc4ccc(C(=O)Cl)o4)cc3)cc(F)c(F)c12. The van der Waals surface area contributed by atoms with Crippen LogP contribution in [0.5, 0.6) is 5.75 Å². The molecule has 0 atom stereocenters. The Morgan fingerprint density at radius 1 is 1.14 bits per heavy atom. The molecule has 0 aliphatic heterocycles. The molecule has 0 aliphatic carbocycles. The van der Waals surface area contributed by atoms with Gasteiger partial charge in [-0.3, -0.25) is 4.79 Å². The summed E-state index contributed by atoms with van der Waals surface area (Å²) in [4.78, 5) is 11.0.